The van der Waals surface area contributed by atoms with Crippen molar-refractivity contribution in [3.63, 3.8) is 0 Å². The van der Waals surface area contributed by atoms with Crippen LogP contribution in [0.5, 0.6) is 0 Å². The van der Waals surface area contributed by atoms with Crippen LogP contribution >= 0.6 is 11.6 Å². The van der Waals surface area contributed by atoms with Gasteiger partial charge in [-0.3, -0.25) is 14.4 Å². The summed E-state index contributed by atoms with van der Waals surface area (Å²) in [5, 5.41) is 5.32. The average molecular weight is 473 g/mol. The van der Waals surface area contributed by atoms with Gasteiger partial charge in [0.15, 0.2) is 0 Å². The zero-order valence-electron chi connectivity index (χ0n) is 16.9. The van der Waals surface area contributed by atoms with Gasteiger partial charge in [-0.25, -0.2) is 8.42 Å². The molecule has 1 aromatic carbocycles. The molecule has 0 aliphatic carbocycles. The van der Waals surface area contributed by atoms with E-state index in [1.807, 2.05) is 0 Å². The number of nitrogens with zero attached hydrogens (tertiary/aromatic N) is 2. The van der Waals surface area contributed by atoms with Crippen molar-refractivity contribution in [1.82, 2.24) is 19.8 Å². The van der Waals surface area contributed by atoms with E-state index < -0.39 is 28.1 Å². The fourth-order valence-electron chi connectivity index (χ4n) is 3.44. The molecule has 3 rings (SSSR count). The molecule has 2 aliphatic heterocycles. The molecule has 0 unspecified atom stereocenters. The zero-order chi connectivity index (χ0) is 22.4. The number of hydrogen-bond acceptors (Lipinski definition) is 6. The second-order valence-corrected chi connectivity index (χ2v) is 9.53. The molecule has 2 saturated heterocycles. The zero-order valence-corrected chi connectivity index (χ0v) is 18.5. The molecule has 12 heteroatoms. The summed E-state index contributed by atoms with van der Waals surface area (Å²) in [5.74, 6) is -1.59. The summed E-state index contributed by atoms with van der Waals surface area (Å²) in [7, 11) is -3.84. The first-order valence-electron chi connectivity index (χ1n) is 10.0. The molecule has 10 nitrogen and oxygen atoms in total. The number of ether oxygens (including phenoxy) is 1. The Morgan fingerprint density at radius 3 is 2.52 bits per heavy atom. The van der Waals surface area contributed by atoms with Crippen LogP contribution in [-0.4, -0.2) is 80.9 Å². The van der Waals surface area contributed by atoms with Crippen LogP contribution in [0.15, 0.2) is 29.2 Å². The van der Waals surface area contributed by atoms with Crippen molar-refractivity contribution in [2.24, 2.45) is 0 Å². The Hall–Kier alpha value is -2.21. The minimum atomic E-state index is -3.84. The number of nitrogens with one attached hydrogen (secondary N) is 2. The van der Waals surface area contributed by atoms with E-state index >= 15 is 0 Å². The molecule has 2 fully saturated rings. The van der Waals surface area contributed by atoms with Gasteiger partial charge in [0, 0.05) is 37.6 Å². The van der Waals surface area contributed by atoms with Crippen LogP contribution in [0.25, 0.3) is 0 Å². The molecular formula is C19H25ClN4O6S. The van der Waals surface area contributed by atoms with Gasteiger partial charge in [-0.15, -0.1) is 0 Å². The van der Waals surface area contributed by atoms with Gasteiger partial charge in [-0.1, -0.05) is 11.6 Å². The highest BCUT2D eigenvalue weighted by Crippen LogP contribution is 2.23. The molecule has 1 atom stereocenters. The van der Waals surface area contributed by atoms with E-state index in [1.165, 1.54) is 24.3 Å². The maximum atomic E-state index is 12.8. The van der Waals surface area contributed by atoms with Crippen molar-refractivity contribution in [1.29, 1.82) is 0 Å². The molecule has 1 aromatic rings. The standard InChI is InChI=1S/C19H25ClN4O6S/c20-14-4-6-15(7-5-14)31(28,29)24-11-12-30-17(24)13-22-19(27)18(26)21-8-2-10-23-9-1-3-16(23)25/h4-7,17H,1-3,8-13H2,(H,21,26)(H,22,27)/t17-/m0/s1. The molecule has 0 bridgehead atoms. The third-order valence-electron chi connectivity index (χ3n) is 5.07. The smallest absolute Gasteiger partial charge is 0.309 e. The number of halogens is 1. The number of rotatable bonds is 8. The van der Waals surface area contributed by atoms with Gasteiger partial charge in [0.2, 0.25) is 15.9 Å². The lowest BCUT2D eigenvalue weighted by Gasteiger charge is -2.22. The first kappa shape index (κ1) is 23.5. The van der Waals surface area contributed by atoms with Crippen molar-refractivity contribution < 1.29 is 27.5 Å². The van der Waals surface area contributed by atoms with Gasteiger partial charge in [0.1, 0.15) is 6.23 Å². The summed E-state index contributed by atoms with van der Waals surface area (Å²) >= 11 is 5.81. The van der Waals surface area contributed by atoms with Crippen LogP contribution in [0, 0.1) is 0 Å². The van der Waals surface area contributed by atoms with Crippen LogP contribution in [0.4, 0.5) is 0 Å². The predicted molar refractivity (Wildman–Crippen MR) is 112 cm³/mol. The summed E-state index contributed by atoms with van der Waals surface area (Å²) < 4.78 is 32.2. The maximum Gasteiger partial charge on any atom is 0.309 e. The Morgan fingerprint density at radius 2 is 1.84 bits per heavy atom. The number of amides is 3. The predicted octanol–water partition coefficient (Wildman–Crippen LogP) is -0.0681. The summed E-state index contributed by atoms with van der Waals surface area (Å²) in [4.78, 5) is 37.3. The number of sulfonamides is 1. The van der Waals surface area contributed by atoms with Gasteiger partial charge >= 0.3 is 11.8 Å². The maximum absolute atomic E-state index is 12.8. The van der Waals surface area contributed by atoms with Crippen molar-refractivity contribution in [2.75, 3.05) is 39.3 Å². The molecule has 3 amide bonds. The number of carbonyl (C=O) groups excluding carboxylic acids is 3. The topological polar surface area (TPSA) is 125 Å². The van der Waals surface area contributed by atoms with Crippen molar-refractivity contribution in [3.8, 4) is 0 Å². The molecule has 170 valence electrons. The Balaban J connectivity index is 1.44. The van der Waals surface area contributed by atoms with Crippen molar-refractivity contribution >= 4 is 39.3 Å². The molecule has 2 N–H and O–H groups in total. The lowest BCUT2D eigenvalue weighted by Crippen LogP contribution is -2.47. The Labute approximate surface area is 185 Å². The minimum absolute atomic E-state index is 0.0629. The van der Waals surface area contributed by atoms with E-state index in [4.69, 9.17) is 16.3 Å². The van der Waals surface area contributed by atoms with Gasteiger partial charge in [0.25, 0.3) is 0 Å². The fraction of sp³-hybridized carbons (Fsp3) is 0.526. The van der Waals surface area contributed by atoms with Gasteiger partial charge < -0.3 is 20.3 Å². The molecule has 0 aromatic heterocycles. The van der Waals surface area contributed by atoms with Crippen LogP contribution in [-0.2, 0) is 29.1 Å². The van der Waals surface area contributed by atoms with Crippen LogP contribution in [0.1, 0.15) is 19.3 Å². The summed E-state index contributed by atoms with van der Waals surface area (Å²) in [5.41, 5.74) is 0. The third kappa shape index (κ3) is 5.94. The lowest BCUT2D eigenvalue weighted by atomic mass is 10.3. The number of benzene rings is 1. The van der Waals surface area contributed by atoms with E-state index in [-0.39, 0.29) is 37.0 Å². The minimum Gasteiger partial charge on any atom is -0.359 e. The van der Waals surface area contributed by atoms with E-state index in [9.17, 15) is 22.8 Å². The molecule has 0 saturated carbocycles. The van der Waals surface area contributed by atoms with E-state index in [1.54, 1.807) is 4.90 Å². The quantitative estimate of drug-likeness (QED) is 0.403. The summed E-state index contributed by atoms with van der Waals surface area (Å²) in [6.45, 7) is 1.66. The highest BCUT2D eigenvalue weighted by molar-refractivity contribution is 7.89. The van der Waals surface area contributed by atoms with E-state index in [2.05, 4.69) is 10.6 Å². The molecule has 2 heterocycles. The molecule has 31 heavy (non-hydrogen) atoms. The van der Waals surface area contributed by atoms with Crippen LogP contribution < -0.4 is 10.6 Å². The summed E-state index contributed by atoms with van der Waals surface area (Å²) in [6.07, 6.45) is 1.03. The SMILES string of the molecule is O=C(NCCCN1CCCC1=O)C(=O)NC[C@@H]1OCCN1S(=O)(=O)c1ccc(Cl)cc1. The second-order valence-electron chi connectivity index (χ2n) is 7.20. The lowest BCUT2D eigenvalue weighted by molar-refractivity contribution is -0.139. The second kappa shape index (κ2) is 10.4. The van der Waals surface area contributed by atoms with Gasteiger partial charge in [-0.2, -0.15) is 4.31 Å². The van der Waals surface area contributed by atoms with Crippen molar-refractivity contribution in [2.45, 2.75) is 30.4 Å². The van der Waals surface area contributed by atoms with Crippen LogP contribution in [0.2, 0.25) is 5.02 Å². The molecule has 0 radical (unpaired) electrons. The Kier molecular flexibility index (Phi) is 7.87. The average Bonchev–Trinajstić information content (AvgIpc) is 3.38. The molecule has 2 aliphatic rings. The monoisotopic (exact) mass is 472 g/mol. The Bertz CT molecular complexity index is 924. The third-order valence-corrected chi connectivity index (χ3v) is 7.22. The highest BCUT2D eigenvalue weighted by Gasteiger charge is 2.36. The highest BCUT2D eigenvalue weighted by atomic mass is 35.5. The first-order valence-corrected chi connectivity index (χ1v) is 11.8. The van der Waals surface area contributed by atoms with E-state index in [0.29, 0.717) is 24.4 Å². The Morgan fingerprint density at radius 1 is 1.13 bits per heavy atom. The van der Waals surface area contributed by atoms with Crippen molar-refractivity contribution in [3.05, 3.63) is 29.3 Å². The largest absolute Gasteiger partial charge is 0.359 e. The normalized spacial score (nSPS) is 19.6. The number of carbonyl (C=O) groups is 3. The molecule has 0 spiro atoms. The van der Waals surface area contributed by atoms with Gasteiger partial charge in [0.05, 0.1) is 18.0 Å². The fourth-order valence-corrected chi connectivity index (χ4v) is 5.07. The van der Waals surface area contributed by atoms with E-state index in [0.717, 1.165) is 17.3 Å². The van der Waals surface area contributed by atoms with Crippen LogP contribution in [0.3, 0.4) is 0 Å². The summed E-state index contributed by atoms with van der Waals surface area (Å²) in [6, 6.07) is 5.75. The number of hydrogen-bond donors (Lipinski definition) is 2. The van der Waals surface area contributed by atoms with Gasteiger partial charge in [-0.05, 0) is 37.1 Å². The molecular weight excluding hydrogens is 448 g/mol. The first-order chi connectivity index (χ1) is 14.8. The number of likely N-dealkylation sites (tertiary alicyclic amines) is 1.